The van der Waals surface area contributed by atoms with Crippen LogP contribution in [0.3, 0.4) is 0 Å². The lowest BCUT2D eigenvalue weighted by Crippen LogP contribution is -2.41. The Morgan fingerprint density at radius 2 is 2.08 bits per heavy atom. The monoisotopic (exact) mass is 343 g/mol. The quantitative estimate of drug-likeness (QED) is 0.500. The lowest BCUT2D eigenvalue weighted by atomic mass is 9.90. The molecule has 1 fully saturated rings. The molecule has 1 aliphatic heterocycles. The standard InChI is InChI=1S/C16H29N3O5/c1-12-14(21)10-15(24-16(12)11-20)13-2-4-19(18-13)5-7-23-9-8-22-6-3-17/h2,4,12,14-16,20-21H,3,5-11,17H2,1H3/t12-,14-,15+,16-/m1/s1. The van der Waals surface area contributed by atoms with E-state index in [-0.39, 0.29) is 24.7 Å². The van der Waals surface area contributed by atoms with Crippen LogP contribution >= 0.6 is 0 Å². The number of rotatable bonds is 10. The Balaban J connectivity index is 1.74. The molecule has 0 bridgehead atoms. The van der Waals surface area contributed by atoms with Crippen molar-refractivity contribution in [3.8, 4) is 0 Å². The summed E-state index contributed by atoms with van der Waals surface area (Å²) in [5.74, 6) is -0.0803. The second-order valence-electron chi connectivity index (χ2n) is 6.03. The predicted octanol–water partition coefficient (Wildman–Crippen LogP) is -0.306. The van der Waals surface area contributed by atoms with Crippen LogP contribution in [0.1, 0.15) is 25.1 Å². The van der Waals surface area contributed by atoms with Gasteiger partial charge in [0.15, 0.2) is 0 Å². The zero-order chi connectivity index (χ0) is 17.4. The molecule has 1 aliphatic rings. The van der Waals surface area contributed by atoms with Crippen molar-refractivity contribution in [3.63, 3.8) is 0 Å². The van der Waals surface area contributed by atoms with Gasteiger partial charge in [-0.1, -0.05) is 6.92 Å². The molecule has 0 amide bonds. The topological polar surface area (TPSA) is 112 Å². The summed E-state index contributed by atoms with van der Waals surface area (Å²) in [5, 5.41) is 24.0. The van der Waals surface area contributed by atoms with Crippen LogP contribution in [0, 0.1) is 5.92 Å². The van der Waals surface area contributed by atoms with E-state index in [4.69, 9.17) is 19.9 Å². The first-order valence-electron chi connectivity index (χ1n) is 8.49. The van der Waals surface area contributed by atoms with Crippen molar-refractivity contribution < 1.29 is 24.4 Å². The zero-order valence-electron chi connectivity index (χ0n) is 14.2. The Hall–Kier alpha value is -1.03. The number of ether oxygens (including phenoxy) is 3. The van der Waals surface area contributed by atoms with E-state index in [2.05, 4.69) is 5.10 Å². The van der Waals surface area contributed by atoms with E-state index in [0.717, 1.165) is 5.69 Å². The van der Waals surface area contributed by atoms with E-state index in [0.29, 0.717) is 45.9 Å². The van der Waals surface area contributed by atoms with Crippen LogP contribution in [0.15, 0.2) is 12.3 Å². The number of nitrogens with two attached hydrogens (primary N) is 1. The van der Waals surface area contributed by atoms with Gasteiger partial charge < -0.3 is 30.2 Å². The van der Waals surface area contributed by atoms with Gasteiger partial charge >= 0.3 is 0 Å². The first kappa shape index (κ1) is 19.3. The summed E-state index contributed by atoms with van der Waals surface area (Å²) in [6, 6.07) is 1.88. The van der Waals surface area contributed by atoms with Crippen LogP contribution in [0.2, 0.25) is 0 Å². The maximum absolute atomic E-state index is 10.1. The molecule has 2 rings (SSSR count). The van der Waals surface area contributed by atoms with E-state index in [1.807, 2.05) is 19.2 Å². The maximum Gasteiger partial charge on any atom is 0.104 e. The molecule has 24 heavy (non-hydrogen) atoms. The Morgan fingerprint density at radius 3 is 2.79 bits per heavy atom. The van der Waals surface area contributed by atoms with Crippen molar-refractivity contribution in [3.05, 3.63) is 18.0 Å². The largest absolute Gasteiger partial charge is 0.394 e. The number of aromatic nitrogens is 2. The van der Waals surface area contributed by atoms with E-state index < -0.39 is 6.10 Å². The molecule has 0 aliphatic carbocycles. The van der Waals surface area contributed by atoms with Crippen molar-refractivity contribution in [1.82, 2.24) is 9.78 Å². The Kier molecular flexibility index (Phi) is 8.10. The Bertz CT molecular complexity index is 470. The normalized spacial score (nSPS) is 27.5. The fourth-order valence-corrected chi connectivity index (χ4v) is 2.71. The number of hydrogen-bond donors (Lipinski definition) is 3. The molecule has 0 spiro atoms. The third kappa shape index (κ3) is 5.51. The van der Waals surface area contributed by atoms with Crippen molar-refractivity contribution in [1.29, 1.82) is 0 Å². The summed E-state index contributed by atoms with van der Waals surface area (Å²) in [5.41, 5.74) is 6.09. The number of aliphatic hydroxyl groups excluding tert-OH is 2. The minimum atomic E-state index is -0.497. The molecule has 8 heteroatoms. The first-order valence-corrected chi connectivity index (χ1v) is 8.49. The molecule has 0 radical (unpaired) electrons. The number of hydrogen-bond acceptors (Lipinski definition) is 7. The maximum atomic E-state index is 10.1. The highest BCUT2D eigenvalue weighted by Crippen LogP contribution is 2.33. The van der Waals surface area contributed by atoms with Gasteiger partial charge in [0.25, 0.3) is 0 Å². The van der Waals surface area contributed by atoms with Gasteiger partial charge in [-0.05, 0) is 6.07 Å². The lowest BCUT2D eigenvalue weighted by molar-refractivity contribution is -0.148. The third-order valence-corrected chi connectivity index (χ3v) is 4.26. The highest BCUT2D eigenvalue weighted by Gasteiger charge is 2.36. The smallest absolute Gasteiger partial charge is 0.104 e. The van der Waals surface area contributed by atoms with Crippen LogP contribution in [0.5, 0.6) is 0 Å². The average Bonchev–Trinajstić information content (AvgIpc) is 3.05. The minimum absolute atomic E-state index is 0.0803. The molecule has 0 saturated carbocycles. The second-order valence-corrected chi connectivity index (χ2v) is 6.03. The van der Waals surface area contributed by atoms with E-state index >= 15 is 0 Å². The van der Waals surface area contributed by atoms with E-state index in [1.54, 1.807) is 4.68 Å². The van der Waals surface area contributed by atoms with Crippen molar-refractivity contribution in [2.75, 3.05) is 39.6 Å². The van der Waals surface area contributed by atoms with Gasteiger partial charge in [0.1, 0.15) is 6.10 Å². The van der Waals surface area contributed by atoms with Crippen LogP contribution in [0.4, 0.5) is 0 Å². The average molecular weight is 343 g/mol. The summed E-state index contributed by atoms with van der Waals surface area (Å²) in [6.45, 7) is 5.09. The van der Waals surface area contributed by atoms with Gasteiger partial charge in [-0.3, -0.25) is 4.68 Å². The second kappa shape index (κ2) is 10.1. The third-order valence-electron chi connectivity index (χ3n) is 4.26. The molecular weight excluding hydrogens is 314 g/mol. The van der Waals surface area contributed by atoms with Crippen LogP contribution in [-0.2, 0) is 20.8 Å². The number of aliphatic hydroxyl groups is 2. The summed E-state index contributed by atoms with van der Waals surface area (Å²) in [4.78, 5) is 0. The first-order chi connectivity index (χ1) is 11.7. The van der Waals surface area contributed by atoms with Crippen LogP contribution < -0.4 is 5.73 Å². The Labute approximate surface area is 142 Å². The van der Waals surface area contributed by atoms with E-state index in [9.17, 15) is 10.2 Å². The van der Waals surface area contributed by atoms with E-state index in [1.165, 1.54) is 0 Å². The summed E-state index contributed by atoms with van der Waals surface area (Å²) < 4.78 is 18.3. The molecule has 1 saturated heterocycles. The summed E-state index contributed by atoms with van der Waals surface area (Å²) in [7, 11) is 0. The lowest BCUT2D eigenvalue weighted by Gasteiger charge is -2.36. The zero-order valence-corrected chi connectivity index (χ0v) is 14.2. The summed E-state index contributed by atoms with van der Waals surface area (Å²) in [6.07, 6.45) is 1.21. The minimum Gasteiger partial charge on any atom is -0.394 e. The van der Waals surface area contributed by atoms with Crippen molar-refractivity contribution >= 4 is 0 Å². The molecule has 0 aromatic carbocycles. The van der Waals surface area contributed by atoms with Gasteiger partial charge in [-0.15, -0.1) is 0 Å². The van der Waals surface area contributed by atoms with Crippen LogP contribution in [0.25, 0.3) is 0 Å². The number of nitrogens with zero attached hydrogens (tertiary/aromatic N) is 2. The molecule has 138 valence electrons. The molecule has 0 unspecified atom stereocenters. The highest BCUT2D eigenvalue weighted by molar-refractivity contribution is 5.06. The molecule has 1 aromatic heterocycles. The summed E-state index contributed by atoms with van der Waals surface area (Å²) >= 11 is 0. The van der Waals surface area contributed by atoms with Gasteiger partial charge in [0.05, 0.1) is 57.5 Å². The molecule has 8 nitrogen and oxygen atoms in total. The molecule has 4 atom stereocenters. The van der Waals surface area contributed by atoms with Gasteiger partial charge in [0, 0.05) is 25.1 Å². The fourth-order valence-electron chi connectivity index (χ4n) is 2.71. The highest BCUT2D eigenvalue weighted by atomic mass is 16.5. The van der Waals surface area contributed by atoms with Crippen molar-refractivity contribution in [2.45, 2.75) is 38.2 Å². The van der Waals surface area contributed by atoms with Crippen molar-refractivity contribution in [2.24, 2.45) is 11.7 Å². The molecular formula is C16H29N3O5. The molecule has 2 heterocycles. The molecule has 1 aromatic rings. The van der Waals surface area contributed by atoms with Gasteiger partial charge in [0.2, 0.25) is 0 Å². The fraction of sp³-hybridized carbons (Fsp3) is 0.812. The Morgan fingerprint density at radius 1 is 1.33 bits per heavy atom. The van der Waals surface area contributed by atoms with Gasteiger partial charge in [-0.2, -0.15) is 5.10 Å². The van der Waals surface area contributed by atoms with Crippen LogP contribution in [-0.4, -0.2) is 71.8 Å². The predicted molar refractivity (Wildman–Crippen MR) is 87.4 cm³/mol. The van der Waals surface area contributed by atoms with Gasteiger partial charge in [-0.25, -0.2) is 0 Å². The molecule has 4 N–H and O–H groups in total. The SMILES string of the molecule is C[C@@H]1[C@H](O)C[C@@H](c2ccn(CCOCCOCCN)n2)O[C@@H]1CO.